The Kier molecular flexibility index (Phi) is 3.96. The molecule has 1 aromatic carbocycles. The number of nitrogens with one attached hydrogen (secondary N) is 1. The number of halogens is 1. The van der Waals surface area contributed by atoms with Crippen molar-refractivity contribution in [2.24, 2.45) is 0 Å². The lowest BCUT2D eigenvalue weighted by Gasteiger charge is -2.09. The number of carbonyl (C=O) groups is 2. The number of carbonyl (C=O) groups excluding carboxylic acids is 2. The monoisotopic (exact) mass is 257 g/mol. The molecule has 1 rings (SSSR count). The Morgan fingerprint density at radius 3 is 2.41 bits per heavy atom. The number of phenols is 2. The highest BCUT2D eigenvalue weighted by atomic mass is 35.5. The van der Waals surface area contributed by atoms with Gasteiger partial charge in [-0.2, -0.15) is 0 Å². The first-order valence-corrected chi connectivity index (χ1v) is 5.28. The van der Waals surface area contributed by atoms with Crippen LogP contribution < -0.4 is 5.32 Å². The second-order valence-electron chi connectivity index (χ2n) is 3.75. The van der Waals surface area contributed by atoms with Gasteiger partial charge in [-0.15, -0.1) is 0 Å². The highest BCUT2D eigenvalue weighted by Gasteiger charge is 2.22. The summed E-state index contributed by atoms with van der Waals surface area (Å²) in [5.41, 5.74) is -0.153. The number of rotatable bonds is 3. The number of phenolic OH excluding ortho intramolecular Hbond substituents is 2. The zero-order valence-corrected chi connectivity index (χ0v) is 10.1. The van der Waals surface area contributed by atoms with Crippen molar-refractivity contribution in [2.45, 2.75) is 19.9 Å². The van der Waals surface area contributed by atoms with Crippen LogP contribution in [-0.2, 0) is 4.79 Å². The molecule has 3 N–H and O–H groups in total. The summed E-state index contributed by atoms with van der Waals surface area (Å²) >= 11 is 5.66. The first kappa shape index (κ1) is 13.3. The fraction of sp³-hybridized carbons (Fsp3) is 0.273. The Bertz CT molecular complexity index is 471. The number of amides is 1. The van der Waals surface area contributed by atoms with E-state index in [1.54, 1.807) is 13.8 Å². The Hall–Kier alpha value is -1.75. The third-order valence-electron chi connectivity index (χ3n) is 1.97. The Labute approximate surface area is 103 Å². The molecule has 0 saturated heterocycles. The van der Waals surface area contributed by atoms with Crippen molar-refractivity contribution in [2.75, 3.05) is 0 Å². The van der Waals surface area contributed by atoms with Crippen LogP contribution in [0.3, 0.4) is 0 Å². The van der Waals surface area contributed by atoms with Crippen molar-refractivity contribution in [3.05, 3.63) is 22.7 Å². The molecule has 1 aromatic rings. The summed E-state index contributed by atoms with van der Waals surface area (Å²) in [7, 11) is 0. The molecule has 5 nitrogen and oxygen atoms in total. The van der Waals surface area contributed by atoms with Gasteiger partial charge in [0.15, 0.2) is 11.5 Å². The van der Waals surface area contributed by atoms with Crippen LogP contribution in [-0.4, -0.2) is 27.9 Å². The molecule has 0 aliphatic carbocycles. The molecule has 0 aromatic heterocycles. The summed E-state index contributed by atoms with van der Waals surface area (Å²) in [5.74, 6) is -2.74. The third-order valence-corrected chi connectivity index (χ3v) is 2.35. The Morgan fingerprint density at radius 1 is 1.29 bits per heavy atom. The molecule has 0 saturated carbocycles. The first-order valence-electron chi connectivity index (χ1n) is 4.90. The van der Waals surface area contributed by atoms with Crippen LogP contribution in [0.15, 0.2) is 12.1 Å². The third kappa shape index (κ3) is 2.88. The van der Waals surface area contributed by atoms with Gasteiger partial charge in [0.05, 0.1) is 10.6 Å². The molecule has 0 bridgehead atoms. The molecule has 0 spiro atoms. The lowest BCUT2D eigenvalue weighted by atomic mass is 10.1. The number of hydrogen-bond donors (Lipinski definition) is 3. The summed E-state index contributed by atoms with van der Waals surface area (Å²) in [4.78, 5) is 23.1. The van der Waals surface area contributed by atoms with E-state index in [0.717, 1.165) is 6.07 Å². The van der Waals surface area contributed by atoms with E-state index >= 15 is 0 Å². The molecule has 0 aliphatic heterocycles. The van der Waals surface area contributed by atoms with Crippen LogP contribution in [0.1, 0.15) is 24.2 Å². The van der Waals surface area contributed by atoms with E-state index in [4.69, 9.17) is 16.7 Å². The molecule has 0 unspecified atom stereocenters. The lowest BCUT2D eigenvalue weighted by molar-refractivity contribution is -0.117. The highest BCUT2D eigenvalue weighted by molar-refractivity contribution is 6.47. The van der Waals surface area contributed by atoms with Gasteiger partial charge in [0.1, 0.15) is 0 Å². The van der Waals surface area contributed by atoms with Crippen LogP contribution in [0.4, 0.5) is 0 Å². The van der Waals surface area contributed by atoms with E-state index in [9.17, 15) is 14.7 Å². The first-order chi connectivity index (χ1) is 7.84. The van der Waals surface area contributed by atoms with Gasteiger partial charge in [0.25, 0.3) is 11.7 Å². The van der Waals surface area contributed by atoms with Gasteiger partial charge < -0.3 is 15.5 Å². The maximum atomic E-state index is 11.7. The predicted octanol–water partition coefficient (Wildman–Crippen LogP) is 1.46. The summed E-state index contributed by atoms with van der Waals surface area (Å²) in [6.45, 7) is 3.42. The van der Waals surface area contributed by atoms with E-state index in [2.05, 4.69) is 5.32 Å². The van der Waals surface area contributed by atoms with Gasteiger partial charge in [0.2, 0.25) is 0 Å². The second kappa shape index (κ2) is 5.05. The fourth-order valence-electron chi connectivity index (χ4n) is 1.18. The van der Waals surface area contributed by atoms with Gasteiger partial charge in [-0.1, -0.05) is 11.6 Å². The average Bonchev–Trinajstić information content (AvgIpc) is 2.24. The molecule has 0 radical (unpaired) electrons. The largest absolute Gasteiger partial charge is 0.504 e. The molecule has 17 heavy (non-hydrogen) atoms. The van der Waals surface area contributed by atoms with Crippen molar-refractivity contribution >= 4 is 23.3 Å². The van der Waals surface area contributed by atoms with Gasteiger partial charge in [0, 0.05) is 6.04 Å². The normalized spacial score (nSPS) is 10.4. The molecule has 1 amide bonds. The Balaban J connectivity index is 3.05. The van der Waals surface area contributed by atoms with Crippen molar-refractivity contribution in [3.63, 3.8) is 0 Å². The molecule has 6 heteroatoms. The van der Waals surface area contributed by atoms with Crippen LogP contribution in [0.25, 0.3) is 0 Å². The minimum absolute atomic E-state index is 0.153. The van der Waals surface area contributed by atoms with E-state index in [0.29, 0.717) is 0 Å². The van der Waals surface area contributed by atoms with Crippen molar-refractivity contribution in [1.29, 1.82) is 0 Å². The molecule has 92 valence electrons. The molecular formula is C11H12ClNO4. The zero-order valence-electron chi connectivity index (χ0n) is 9.32. The minimum atomic E-state index is -0.862. The van der Waals surface area contributed by atoms with E-state index in [1.807, 2.05) is 0 Å². The average molecular weight is 258 g/mol. The van der Waals surface area contributed by atoms with Gasteiger partial charge in [-0.05, 0) is 26.0 Å². The SMILES string of the molecule is CC(C)NC(=O)C(=O)c1ccc(O)c(O)c1Cl. The van der Waals surface area contributed by atoms with Gasteiger partial charge in [-0.25, -0.2) is 0 Å². The summed E-state index contributed by atoms with van der Waals surface area (Å²) in [5, 5.41) is 20.5. The van der Waals surface area contributed by atoms with Crippen LogP contribution in [0.2, 0.25) is 5.02 Å². The standard InChI is InChI=1S/C11H12ClNO4/c1-5(2)13-11(17)9(15)6-3-4-7(14)10(16)8(6)12/h3-5,14,16H,1-2H3,(H,13,17). The minimum Gasteiger partial charge on any atom is -0.504 e. The van der Waals surface area contributed by atoms with E-state index in [-0.39, 0.29) is 16.6 Å². The predicted molar refractivity (Wildman–Crippen MR) is 62.4 cm³/mol. The molecular weight excluding hydrogens is 246 g/mol. The maximum absolute atomic E-state index is 11.7. The molecule has 0 atom stereocenters. The fourth-order valence-corrected chi connectivity index (χ4v) is 1.43. The van der Waals surface area contributed by atoms with E-state index < -0.39 is 23.2 Å². The number of benzene rings is 1. The topological polar surface area (TPSA) is 86.6 Å². The van der Waals surface area contributed by atoms with E-state index in [1.165, 1.54) is 6.07 Å². The lowest BCUT2D eigenvalue weighted by Crippen LogP contribution is -2.36. The van der Waals surface area contributed by atoms with Gasteiger partial charge in [-0.3, -0.25) is 9.59 Å². The Morgan fingerprint density at radius 2 is 1.88 bits per heavy atom. The number of aromatic hydroxyl groups is 2. The van der Waals surface area contributed by atoms with Crippen molar-refractivity contribution in [1.82, 2.24) is 5.32 Å². The zero-order chi connectivity index (χ0) is 13.2. The molecule has 0 aliphatic rings. The van der Waals surface area contributed by atoms with Gasteiger partial charge >= 0.3 is 0 Å². The quantitative estimate of drug-likeness (QED) is 0.435. The number of hydrogen-bond acceptors (Lipinski definition) is 4. The second-order valence-corrected chi connectivity index (χ2v) is 4.13. The molecule has 0 heterocycles. The smallest absolute Gasteiger partial charge is 0.292 e. The van der Waals surface area contributed by atoms with Crippen molar-refractivity contribution in [3.8, 4) is 11.5 Å². The number of Topliss-reactive ketones (excluding diaryl/α,β-unsaturated/α-hetero) is 1. The van der Waals surface area contributed by atoms with Crippen LogP contribution >= 0.6 is 11.6 Å². The molecule has 0 fully saturated rings. The number of ketones is 1. The van der Waals surface area contributed by atoms with Crippen LogP contribution in [0, 0.1) is 0 Å². The van der Waals surface area contributed by atoms with Crippen molar-refractivity contribution < 1.29 is 19.8 Å². The summed E-state index contributed by atoms with van der Waals surface area (Å²) in [6.07, 6.45) is 0. The summed E-state index contributed by atoms with van der Waals surface area (Å²) < 4.78 is 0. The van der Waals surface area contributed by atoms with Crippen LogP contribution in [0.5, 0.6) is 11.5 Å². The highest BCUT2D eigenvalue weighted by Crippen LogP contribution is 2.35. The summed E-state index contributed by atoms with van der Waals surface area (Å²) in [6, 6.07) is 2.09. The maximum Gasteiger partial charge on any atom is 0.292 e.